The van der Waals surface area contributed by atoms with E-state index in [0.717, 1.165) is 15.9 Å². The van der Waals surface area contributed by atoms with Gasteiger partial charge in [-0.2, -0.15) is 0 Å². The van der Waals surface area contributed by atoms with Gasteiger partial charge < -0.3 is 5.32 Å². The van der Waals surface area contributed by atoms with Gasteiger partial charge in [-0.15, -0.1) is 0 Å². The molecule has 0 aliphatic rings. The number of pyridine rings is 1. The van der Waals surface area contributed by atoms with Gasteiger partial charge in [-0.25, -0.2) is 18.7 Å². The maximum atomic E-state index is 12.5. The average molecular weight is 329 g/mol. The van der Waals surface area contributed by atoms with Crippen LogP contribution in [0.15, 0.2) is 29.0 Å². The highest BCUT2D eigenvalue weighted by Gasteiger charge is 2.10. The van der Waals surface area contributed by atoms with Crippen LogP contribution in [0.5, 0.6) is 0 Å². The molecule has 2 aromatic heterocycles. The topological polar surface area (TPSA) is 50.7 Å². The lowest BCUT2D eigenvalue weighted by Crippen LogP contribution is -2.07. The van der Waals surface area contributed by atoms with Gasteiger partial charge in [0.15, 0.2) is 0 Å². The van der Waals surface area contributed by atoms with Gasteiger partial charge in [0.25, 0.3) is 6.43 Å². The lowest BCUT2D eigenvalue weighted by Gasteiger charge is -2.09. The highest BCUT2D eigenvalue weighted by atomic mass is 79.9. The van der Waals surface area contributed by atoms with Gasteiger partial charge in [0, 0.05) is 12.4 Å². The zero-order chi connectivity index (χ0) is 13.8. The van der Waals surface area contributed by atoms with E-state index in [2.05, 4.69) is 36.2 Å². The van der Waals surface area contributed by atoms with E-state index >= 15 is 0 Å². The predicted octanol–water partition coefficient (Wildman–Crippen LogP) is 3.49. The Bertz CT molecular complexity index is 577. The highest BCUT2D eigenvalue weighted by Crippen LogP contribution is 2.24. The molecule has 0 radical (unpaired) electrons. The number of rotatable bonds is 4. The first kappa shape index (κ1) is 13.8. The van der Waals surface area contributed by atoms with Crippen LogP contribution in [-0.4, -0.2) is 15.0 Å². The van der Waals surface area contributed by atoms with Crippen molar-refractivity contribution in [3.8, 4) is 0 Å². The zero-order valence-corrected chi connectivity index (χ0v) is 11.7. The molecule has 0 aliphatic heterocycles. The number of halogens is 3. The summed E-state index contributed by atoms with van der Waals surface area (Å²) in [5.41, 5.74) is 1.39. The second kappa shape index (κ2) is 6.01. The maximum absolute atomic E-state index is 12.5. The number of aryl methyl sites for hydroxylation is 1. The number of aromatic nitrogens is 3. The molecular weight excluding hydrogens is 318 g/mol. The van der Waals surface area contributed by atoms with Crippen LogP contribution in [0.1, 0.15) is 23.6 Å². The molecule has 2 heterocycles. The molecule has 0 spiro atoms. The molecule has 0 bridgehead atoms. The van der Waals surface area contributed by atoms with Crippen molar-refractivity contribution in [2.24, 2.45) is 0 Å². The molecule has 0 amide bonds. The molecule has 4 nitrogen and oxygen atoms in total. The third-order valence-corrected chi connectivity index (χ3v) is 3.45. The largest absolute Gasteiger partial charge is 0.377 e. The zero-order valence-electron chi connectivity index (χ0n) is 10.1. The van der Waals surface area contributed by atoms with Gasteiger partial charge in [-0.05, 0) is 35.0 Å². The number of nitrogens with zero attached hydrogens (tertiary/aromatic N) is 3. The summed E-state index contributed by atoms with van der Waals surface area (Å²) in [5.74, 6) is 0.319. The van der Waals surface area contributed by atoms with Crippen molar-refractivity contribution in [1.29, 1.82) is 0 Å². The summed E-state index contributed by atoms with van der Waals surface area (Å²) in [5, 5.41) is 3.08. The molecule has 19 heavy (non-hydrogen) atoms. The minimum absolute atomic E-state index is 0.266. The molecule has 0 saturated carbocycles. The molecule has 0 unspecified atom stereocenters. The number of anilines is 1. The fraction of sp³-hybridized carbons (Fsp3) is 0.250. The van der Waals surface area contributed by atoms with Gasteiger partial charge in [0.1, 0.15) is 11.5 Å². The molecule has 7 heteroatoms. The summed E-state index contributed by atoms with van der Waals surface area (Å²) in [6, 6.07) is 2.99. The minimum atomic E-state index is -2.59. The Labute approximate surface area is 117 Å². The van der Waals surface area contributed by atoms with Crippen LogP contribution in [0.3, 0.4) is 0 Å². The number of nitrogens with one attached hydrogen (secondary N) is 1. The molecule has 2 rings (SSSR count). The number of alkyl halides is 2. The van der Waals surface area contributed by atoms with Gasteiger partial charge in [-0.1, -0.05) is 0 Å². The predicted molar refractivity (Wildman–Crippen MR) is 71.0 cm³/mol. The van der Waals surface area contributed by atoms with Crippen molar-refractivity contribution in [2.75, 3.05) is 5.32 Å². The van der Waals surface area contributed by atoms with E-state index in [1.54, 1.807) is 12.3 Å². The standard InChI is InChI=1S/C12H11BrF2N4/c1-7-11(13)8(2-4-16-7)18-6-10-17-5-3-9(19-10)12(14)15/h2-5,12H,6H2,1H3,(H,16,18). The van der Waals surface area contributed by atoms with Crippen LogP contribution in [0.4, 0.5) is 14.5 Å². The van der Waals surface area contributed by atoms with Crippen molar-refractivity contribution >= 4 is 21.6 Å². The Morgan fingerprint density at radius 1 is 1.26 bits per heavy atom. The summed E-state index contributed by atoms with van der Waals surface area (Å²) in [7, 11) is 0. The molecule has 100 valence electrons. The van der Waals surface area contributed by atoms with Gasteiger partial charge >= 0.3 is 0 Å². The lowest BCUT2D eigenvalue weighted by atomic mass is 10.3. The van der Waals surface area contributed by atoms with Crippen LogP contribution >= 0.6 is 15.9 Å². The van der Waals surface area contributed by atoms with Crippen molar-refractivity contribution in [3.05, 3.63) is 46.2 Å². The first-order chi connectivity index (χ1) is 9.08. The highest BCUT2D eigenvalue weighted by molar-refractivity contribution is 9.10. The van der Waals surface area contributed by atoms with Crippen LogP contribution < -0.4 is 5.32 Å². The molecule has 0 saturated heterocycles. The quantitative estimate of drug-likeness (QED) is 0.933. The van der Waals surface area contributed by atoms with Crippen LogP contribution in [0.25, 0.3) is 0 Å². The summed E-state index contributed by atoms with van der Waals surface area (Å²) in [6.45, 7) is 2.13. The van der Waals surface area contributed by atoms with Crippen LogP contribution in [-0.2, 0) is 6.54 Å². The van der Waals surface area contributed by atoms with Gasteiger partial charge in [0.05, 0.1) is 22.4 Å². The Kier molecular flexibility index (Phi) is 4.36. The third-order valence-electron chi connectivity index (χ3n) is 2.45. The fourth-order valence-corrected chi connectivity index (χ4v) is 1.86. The molecule has 1 N–H and O–H groups in total. The number of hydrogen-bond acceptors (Lipinski definition) is 4. The van der Waals surface area contributed by atoms with E-state index in [4.69, 9.17) is 0 Å². The number of hydrogen-bond donors (Lipinski definition) is 1. The van der Waals surface area contributed by atoms with Gasteiger partial charge in [-0.3, -0.25) is 4.98 Å². The second-order valence-electron chi connectivity index (χ2n) is 3.81. The van der Waals surface area contributed by atoms with E-state index in [9.17, 15) is 8.78 Å². The lowest BCUT2D eigenvalue weighted by molar-refractivity contribution is 0.145. The van der Waals surface area contributed by atoms with Crippen molar-refractivity contribution in [1.82, 2.24) is 15.0 Å². The Hall–Kier alpha value is -1.63. The fourth-order valence-electron chi connectivity index (χ4n) is 1.48. The van der Waals surface area contributed by atoms with Crippen molar-refractivity contribution < 1.29 is 8.78 Å². The third kappa shape index (κ3) is 3.44. The smallest absolute Gasteiger partial charge is 0.280 e. The Balaban J connectivity index is 2.10. The molecule has 0 aliphatic carbocycles. The van der Waals surface area contributed by atoms with Crippen LogP contribution in [0.2, 0.25) is 0 Å². The van der Waals surface area contributed by atoms with Crippen molar-refractivity contribution in [3.63, 3.8) is 0 Å². The normalized spacial score (nSPS) is 10.8. The summed E-state index contributed by atoms with van der Waals surface area (Å²) in [4.78, 5) is 11.9. The summed E-state index contributed by atoms with van der Waals surface area (Å²) < 4.78 is 25.8. The molecule has 0 atom stereocenters. The Morgan fingerprint density at radius 2 is 2.00 bits per heavy atom. The molecule has 0 aromatic carbocycles. The van der Waals surface area contributed by atoms with Crippen LogP contribution in [0, 0.1) is 6.92 Å². The molecular formula is C12H11BrF2N4. The first-order valence-corrected chi connectivity index (χ1v) is 6.32. The maximum Gasteiger partial charge on any atom is 0.280 e. The van der Waals surface area contributed by atoms with E-state index in [1.807, 2.05) is 6.92 Å². The van der Waals surface area contributed by atoms with E-state index in [1.165, 1.54) is 12.3 Å². The Morgan fingerprint density at radius 3 is 2.74 bits per heavy atom. The minimum Gasteiger partial charge on any atom is -0.377 e. The average Bonchev–Trinajstić information content (AvgIpc) is 2.41. The second-order valence-corrected chi connectivity index (χ2v) is 4.60. The van der Waals surface area contributed by atoms with Crippen molar-refractivity contribution in [2.45, 2.75) is 19.9 Å². The molecule has 2 aromatic rings. The first-order valence-electron chi connectivity index (χ1n) is 5.53. The van der Waals surface area contributed by atoms with E-state index < -0.39 is 6.43 Å². The monoisotopic (exact) mass is 328 g/mol. The van der Waals surface area contributed by atoms with E-state index in [-0.39, 0.29) is 12.2 Å². The summed E-state index contributed by atoms with van der Waals surface area (Å²) in [6.07, 6.45) is 0.411. The van der Waals surface area contributed by atoms with Gasteiger partial charge in [0.2, 0.25) is 0 Å². The SMILES string of the molecule is Cc1nccc(NCc2nccc(C(F)F)n2)c1Br. The summed E-state index contributed by atoms with van der Waals surface area (Å²) >= 11 is 3.41. The van der Waals surface area contributed by atoms with E-state index in [0.29, 0.717) is 5.82 Å². The molecule has 0 fully saturated rings.